The molecule has 2 aliphatic heterocycles. The molecule has 2 saturated heterocycles. The van der Waals surface area contributed by atoms with E-state index in [1.165, 1.54) is 6.20 Å². The average molecular weight is 346 g/mol. The average Bonchev–Trinajstić information content (AvgIpc) is 3.32. The lowest BCUT2D eigenvalue weighted by Gasteiger charge is -2.26. The Morgan fingerprint density at radius 1 is 1.24 bits per heavy atom. The van der Waals surface area contributed by atoms with Gasteiger partial charge >= 0.3 is 0 Å². The Balaban J connectivity index is 1.64. The number of likely N-dealkylation sites (tertiary alicyclic amines) is 1. The summed E-state index contributed by atoms with van der Waals surface area (Å²) in [6.45, 7) is 5.14. The third kappa shape index (κ3) is 4.75. The van der Waals surface area contributed by atoms with Gasteiger partial charge in [0.05, 0.1) is 18.0 Å². The number of carbonyl (C=O) groups is 2. The lowest BCUT2D eigenvalue weighted by molar-refractivity contribution is -0.130. The topological polar surface area (TPSA) is 75.6 Å². The molecule has 1 atom stereocenters. The van der Waals surface area contributed by atoms with E-state index < -0.39 is 0 Å². The highest BCUT2D eigenvalue weighted by molar-refractivity contribution is 5.92. The normalized spacial score (nSPS) is 20.0. The molecule has 1 unspecified atom stereocenters. The predicted molar refractivity (Wildman–Crippen MR) is 92.1 cm³/mol. The number of aromatic nitrogens is 2. The van der Waals surface area contributed by atoms with E-state index in [1.54, 1.807) is 11.1 Å². The van der Waals surface area contributed by atoms with Crippen molar-refractivity contribution < 1.29 is 14.3 Å². The Kier molecular flexibility index (Phi) is 5.96. The molecule has 3 rings (SSSR count). The molecule has 7 nitrogen and oxygen atoms in total. The van der Waals surface area contributed by atoms with Gasteiger partial charge in [-0.1, -0.05) is 0 Å². The van der Waals surface area contributed by atoms with Crippen LogP contribution in [0.5, 0.6) is 0 Å². The Labute approximate surface area is 148 Å². The summed E-state index contributed by atoms with van der Waals surface area (Å²) in [4.78, 5) is 37.1. The minimum absolute atomic E-state index is 0.0456. The molecule has 2 fully saturated rings. The first-order valence-electron chi connectivity index (χ1n) is 9.11. The van der Waals surface area contributed by atoms with E-state index in [1.807, 2.05) is 11.8 Å². The molecule has 1 aromatic heterocycles. The Morgan fingerprint density at radius 2 is 2.04 bits per heavy atom. The summed E-state index contributed by atoms with van der Waals surface area (Å²) in [5.41, 5.74) is 1.09. The molecule has 3 heterocycles. The molecule has 2 amide bonds. The monoisotopic (exact) mass is 346 g/mol. The van der Waals surface area contributed by atoms with E-state index in [-0.39, 0.29) is 17.9 Å². The van der Waals surface area contributed by atoms with Crippen LogP contribution in [0.2, 0.25) is 0 Å². The van der Waals surface area contributed by atoms with Crippen molar-refractivity contribution in [2.24, 2.45) is 0 Å². The number of rotatable bonds is 6. The quantitative estimate of drug-likeness (QED) is 0.779. The van der Waals surface area contributed by atoms with Crippen LogP contribution in [0.4, 0.5) is 0 Å². The fraction of sp³-hybridized carbons (Fsp3) is 0.667. The van der Waals surface area contributed by atoms with Crippen molar-refractivity contribution in [3.63, 3.8) is 0 Å². The molecule has 0 radical (unpaired) electrons. The molecule has 25 heavy (non-hydrogen) atoms. The minimum Gasteiger partial charge on any atom is -0.376 e. The zero-order chi connectivity index (χ0) is 17.6. The molecule has 0 spiro atoms. The van der Waals surface area contributed by atoms with Gasteiger partial charge in [-0.3, -0.25) is 14.6 Å². The number of nitrogens with zero attached hydrogens (tertiary/aromatic N) is 4. The third-order valence-electron chi connectivity index (χ3n) is 4.79. The Hall–Kier alpha value is -2.02. The summed E-state index contributed by atoms with van der Waals surface area (Å²) < 4.78 is 5.67. The van der Waals surface area contributed by atoms with Gasteiger partial charge in [-0.15, -0.1) is 0 Å². The maximum Gasteiger partial charge on any atom is 0.274 e. The zero-order valence-corrected chi connectivity index (χ0v) is 14.8. The van der Waals surface area contributed by atoms with Crippen LogP contribution in [0, 0.1) is 6.92 Å². The maximum absolute atomic E-state index is 12.8. The van der Waals surface area contributed by atoms with Gasteiger partial charge in [-0.2, -0.15) is 0 Å². The van der Waals surface area contributed by atoms with Crippen molar-refractivity contribution in [3.8, 4) is 0 Å². The van der Waals surface area contributed by atoms with Crippen molar-refractivity contribution >= 4 is 11.8 Å². The van der Waals surface area contributed by atoms with Crippen LogP contribution < -0.4 is 0 Å². The Morgan fingerprint density at radius 3 is 2.68 bits per heavy atom. The number of carbonyl (C=O) groups excluding carboxylic acids is 2. The van der Waals surface area contributed by atoms with Gasteiger partial charge in [0.1, 0.15) is 5.69 Å². The zero-order valence-electron chi connectivity index (χ0n) is 14.8. The van der Waals surface area contributed by atoms with Crippen molar-refractivity contribution in [1.29, 1.82) is 0 Å². The lowest BCUT2D eigenvalue weighted by Crippen LogP contribution is -2.40. The van der Waals surface area contributed by atoms with Gasteiger partial charge in [0.15, 0.2) is 0 Å². The van der Waals surface area contributed by atoms with Crippen LogP contribution >= 0.6 is 0 Å². The lowest BCUT2D eigenvalue weighted by atomic mass is 10.2. The van der Waals surface area contributed by atoms with Crippen LogP contribution in [-0.4, -0.2) is 70.5 Å². The number of hydrogen-bond acceptors (Lipinski definition) is 5. The summed E-state index contributed by atoms with van der Waals surface area (Å²) >= 11 is 0. The largest absolute Gasteiger partial charge is 0.376 e. The fourth-order valence-electron chi connectivity index (χ4n) is 3.33. The third-order valence-corrected chi connectivity index (χ3v) is 4.79. The Bertz CT molecular complexity index is 593. The highest BCUT2D eigenvalue weighted by Crippen LogP contribution is 2.16. The summed E-state index contributed by atoms with van der Waals surface area (Å²) in [7, 11) is 0. The van der Waals surface area contributed by atoms with Gasteiger partial charge < -0.3 is 14.5 Å². The van der Waals surface area contributed by atoms with Crippen molar-refractivity contribution in [1.82, 2.24) is 19.8 Å². The van der Waals surface area contributed by atoms with E-state index in [0.717, 1.165) is 51.1 Å². The molecule has 0 aliphatic carbocycles. The molecular weight excluding hydrogens is 320 g/mol. The maximum atomic E-state index is 12.8. The number of aryl methyl sites for hydroxylation is 1. The summed E-state index contributed by atoms with van der Waals surface area (Å²) in [5.74, 6) is -0.0603. The van der Waals surface area contributed by atoms with E-state index in [9.17, 15) is 9.59 Å². The second kappa shape index (κ2) is 8.38. The number of amides is 2. The number of hydrogen-bond donors (Lipinski definition) is 0. The van der Waals surface area contributed by atoms with Gasteiger partial charge in [0, 0.05) is 45.4 Å². The van der Waals surface area contributed by atoms with Gasteiger partial charge in [-0.05, 0) is 32.6 Å². The molecule has 0 N–H and O–H groups in total. The molecule has 136 valence electrons. The second-order valence-corrected chi connectivity index (χ2v) is 6.77. The molecule has 0 aromatic carbocycles. The van der Waals surface area contributed by atoms with Gasteiger partial charge in [0.2, 0.25) is 5.91 Å². The first-order chi connectivity index (χ1) is 12.1. The smallest absolute Gasteiger partial charge is 0.274 e. The van der Waals surface area contributed by atoms with Crippen molar-refractivity contribution in [3.05, 3.63) is 23.8 Å². The van der Waals surface area contributed by atoms with Crippen LogP contribution in [-0.2, 0) is 9.53 Å². The SMILES string of the molecule is Cc1cnc(C(=O)N(CCC(=O)N2CCCC2)CC2CCCO2)cn1. The standard InChI is InChI=1S/C18H26N4O3/c1-14-11-20-16(12-19-14)18(24)22(13-15-5-4-10-25-15)9-6-17(23)21-7-2-3-8-21/h11-12,15H,2-10,13H2,1H3. The van der Waals surface area contributed by atoms with E-state index in [2.05, 4.69) is 9.97 Å². The molecule has 2 aliphatic rings. The fourth-order valence-corrected chi connectivity index (χ4v) is 3.33. The van der Waals surface area contributed by atoms with E-state index >= 15 is 0 Å². The minimum atomic E-state index is -0.183. The van der Waals surface area contributed by atoms with Gasteiger partial charge in [-0.25, -0.2) is 4.98 Å². The van der Waals surface area contributed by atoms with Crippen molar-refractivity contribution in [2.75, 3.05) is 32.8 Å². The van der Waals surface area contributed by atoms with E-state index in [0.29, 0.717) is 25.2 Å². The summed E-state index contributed by atoms with van der Waals surface area (Å²) in [5, 5.41) is 0. The van der Waals surface area contributed by atoms with Crippen LogP contribution in [0.3, 0.4) is 0 Å². The molecule has 0 saturated carbocycles. The highest BCUT2D eigenvalue weighted by atomic mass is 16.5. The first kappa shape index (κ1) is 17.8. The van der Waals surface area contributed by atoms with Crippen LogP contribution in [0.15, 0.2) is 12.4 Å². The van der Waals surface area contributed by atoms with Crippen LogP contribution in [0.1, 0.15) is 48.3 Å². The molecular formula is C18H26N4O3. The summed E-state index contributed by atoms with van der Waals surface area (Å²) in [6, 6.07) is 0. The highest BCUT2D eigenvalue weighted by Gasteiger charge is 2.26. The van der Waals surface area contributed by atoms with Crippen LogP contribution in [0.25, 0.3) is 0 Å². The molecule has 7 heteroatoms. The molecule has 1 aromatic rings. The van der Waals surface area contributed by atoms with E-state index in [4.69, 9.17) is 4.74 Å². The number of ether oxygens (including phenoxy) is 1. The van der Waals surface area contributed by atoms with Crippen molar-refractivity contribution in [2.45, 2.75) is 45.1 Å². The molecule has 0 bridgehead atoms. The predicted octanol–water partition coefficient (Wildman–Crippen LogP) is 1.42. The van der Waals surface area contributed by atoms with Gasteiger partial charge in [0.25, 0.3) is 5.91 Å². The first-order valence-corrected chi connectivity index (χ1v) is 9.11. The summed E-state index contributed by atoms with van der Waals surface area (Å²) in [6.07, 6.45) is 7.59. The second-order valence-electron chi connectivity index (χ2n) is 6.77.